The van der Waals surface area contributed by atoms with E-state index in [-0.39, 0.29) is 5.91 Å². The lowest BCUT2D eigenvalue weighted by Gasteiger charge is -2.34. The van der Waals surface area contributed by atoms with Gasteiger partial charge in [0.2, 0.25) is 0 Å². The molecule has 0 N–H and O–H groups in total. The van der Waals surface area contributed by atoms with E-state index in [1.54, 1.807) is 13.0 Å². The minimum atomic E-state index is -0.428. The van der Waals surface area contributed by atoms with Gasteiger partial charge in [0.05, 0.1) is 5.69 Å². The molecule has 2 heterocycles. The molecule has 0 radical (unpaired) electrons. The molecule has 1 unspecified atom stereocenters. The quantitative estimate of drug-likeness (QED) is 0.859. The van der Waals surface area contributed by atoms with Gasteiger partial charge in [0.15, 0.2) is 6.10 Å². The average molecular weight is 295 g/mol. The summed E-state index contributed by atoms with van der Waals surface area (Å²) in [5, 5.41) is 0.626. The molecule has 0 aliphatic carbocycles. The molecular weight excluding hydrogens is 276 g/mol. The molecule has 1 aromatic rings. The number of ether oxygens (including phenoxy) is 1. The first-order chi connectivity index (χ1) is 9.65. The van der Waals surface area contributed by atoms with Crippen molar-refractivity contribution in [3.8, 4) is 5.75 Å². The summed E-state index contributed by atoms with van der Waals surface area (Å²) in [6, 6.07) is 5.44. The molecule has 1 amide bonds. The average Bonchev–Trinajstić information content (AvgIpc) is 2.93. The lowest BCUT2D eigenvalue weighted by atomic mass is 10.2. The summed E-state index contributed by atoms with van der Waals surface area (Å²) in [5.74, 6) is 0.752. The minimum absolute atomic E-state index is 0.0129. The Bertz CT molecular complexity index is 515. The van der Waals surface area contributed by atoms with Crippen molar-refractivity contribution >= 4 is 23.2 Å². The number of hydrogen-bond donors (Lipinski definition) is 0. The highest BCUT2D eigenvalue weighted by Crippen LogP contribution is 2.36. The predicted molar refractivity (Wildman–Crippen MR) is 79.6 cm³/mol. The second-order valence-electron chi connectivity index (χ2n) is 5.41. The lowest BCUT2D eigenvalue weighted by molar-refractivity contribution is -0.125. The summed E-state index contributed by atoms with van der Waals surface area (Å²) in [6.45, 7) is 5.67. The monoisotopic (exact) mass is 294 g/mol. The third-order valence-corrected chi connectivity index (χ3v) is 4.20. The number of carbonyl (C=O) groups is 1. The number of rotatable bonds is 3. The molecule has 20 heavy (non-hydrogen) atoms. The van der Waals surface area contributed by atoms with Gasteiger partial charge < -0.3 is 14.5 Å². The van der Waals surface area contributed by atoms with E-state index in [1.807, 2.05) is 17.0 Å². The van der Waals surface area contributed by atoms with E-state index >= 15 is 0 Å². The molecule has 108 valence electrons. The Balaban J connectivity index is 1.80. The summed E-state index contributed by atoms with van der Waals surface area (Å²) in [6.07, 6.45) is 2.09. The van der Waals surface area contributed by atoms with Gasteiger partial charge in [-0.05, 0) is 51.1 Å². The minimum Gasteiger partial charge on any atom is -0.479 e. The molecule has 1 atom stereocenters. The maximum absolute atomic E-state index is 12.3. The highest BCUT2D eigenvalue weighted by molar-refractivity contribution is 6.31. The topological polar surface area (TPSA) is 32.8 Å². The van der Waals surface area contributed by atoms with Gasteiger partial charge in [0, 0.05) is 18.1 Å². The molecule has 1 fully saturated rings. The lowest BCUT2D eigenvalue weighted by Crippen LogP contribution is -2.47. The second kappa shape index (κ2) is 5.62. The normalized spacial score (nSPS) is 22.8. The van der Waals surface area contributed by atoms with Crippen LogP contribution in [0, 0.1) is 0 Å². The van der Waals surface area contributed by atoms with Crippen molar-refractivity contribution in [2.45, 2.75) is 25.9 Å². The molecule has 3 rings (SSSR count). The number of nitrogens with zero attached hydrogens (tertiary/aromatic N) is 2. The summed E-state index contributed by atoms with van der Waals surface area (Å²) in [5.41, 5.74) is 0.791. The van der Waals surface area contributed by atoms with E-state index in [9.17, 15) is 4.79 Å². The summed E-state index contributed by atoms with van der Waals surface area (Å²) in [4.78, 5) is 16.6. The SMILES string of the molecule is CC1Oc2ccc(Cl)cc2N(CCN2CCCC2)C1=O. The molecule has 2 aliphatic heterocycles. The number of likely N-dealkylation sites (tertiary alicyclic amines) is 1. The number of amides is 1. The number of anilines is 1. The fourth-order valence-electron chi connectivity index (χ4n) is 2.86. The Morgan fingerprint density at radius 2 is 2.05 bits per heavy atom. The van der Waals surface area contributed by atoms with Crippen molar-refractivity contribution in [2.24, 2.45) is 0 Å². The molecule has 5 heteroatoms. The smallest absolute Gasteiger partial charge is 0.267 e. The molecule has 1 aromatic carbocycles. The number of fused-ring (bicyclic) bond motifs is 1. The van der Waals surface area contributed by atoms with Gasteiger partial charge in [0.1, 0.15) is 5.75 Å². The summed E-state index contributed by atoms with van der Waals surface area (Å²) >= 11 is 6.05. The van der Waals surface area contributed by atoms with Crippen LogP contribution in [0.4, 0.5) is 5.69 Å². The fraction of sp³-hybridized carbons (Fsp3) is 0.533. The van der Waals surface area contributed by atoms with Gasteiger partial charge in [-0.25, -0.2) is 0 Å². The van der Waals surface area contributed by atoms with Crippen molar-refractivity contribution in [1.82, 2.24) is 4.90 Å². The van der Waals surface area contributed by atoms with Crippen molar-refractivity contribution in [2.75, 3.05) is 31.1 Å². The third-order valence-electron chi connectivity index (χ3n) is 3.97. The maximum atomic E-state index is 12.3. The zero-order valence-corrected chi connectivity index (χ0v) is 12.4. The molecule has 0 spiro atoms. The highest BCUT2D eigenvalue weighted by atomic mass is 35.5. The van der Waals surface area contributed by atoms with E-state index in [1.165, 1.54) is 12.8 Å². The first-order valence-corrected chi connectivity index (χ1v) is 7.53. The Kier molecular flexibility index (Phi) is 3.85. The standard InChI is InChI=1S/C15H19ClN2O2/c1-11-15(19)18(9-8-17-6-2-3-7-17)13-10-12(16)4-5-14(13)20-11/h4-5,10-11H,2-3,6-9H2,1H3. The van der Waals surface area contributed by atoms with Crippen LogP contribution in [0.5, 0.6) is 5.75 Å². The Hall–Kier alpha value is -1.26. The molecule has 4 nitrogen and oxygen atoms in total. The van der Waals surface area contributed by atoms with Crippen LogP contribution in [0.3, 0.4) is 0 Å². The molecule has 0 aromatic heterocycles. The molecule has 1 saturated heterocycles. The third kappa shape index (κ3) is 2.63. The largest absolute Gasteiger partial charge is 0.479 e. The highest BCUT2D eigenvalue weighted by Gasteiger charge is 2.31. The van der Waals surface area contributed by atoms with Crippen LogP contribution in [0.2, 0.25) is 5.02 Å². The second-order valence-corrected chi connectivity index (χ2v) is 5.85. The number of benzene rings is 1. The van der Waals surface area contributed by atoms with Gasteiger partial charge in [-0.15, -0.1) is 0 Å². The zero-order chi connectivity index (χ0) is 14.1. The van der Waals surface area contributed by atoms with Gasteiger partial charge in [0.25, 0.3) is 5.91 Å². The van der Waals surface area contributed by atoms with Crippen LogP contribution >= 0.6 is 11.6 Å². The predicted octanol–water partition coefficient (Wildman–Crippen LogP) is 2.55. The van der Waals surface area contributed by atoms with Crippen LogP contribution < -0.4 is 9.64 Å². The van der Waals surface area contributed by atoms with Crippen molar-refractivity contribution < 1.29 is 9.53 Å². The molecule has 2 aliphatic rings. The first-order valence-electron chi connectivity index (χ1n) is 7.15. The van der Waals surface area contributed by atoms with Crippen molar-refractivity contribution in [1.29, 1.82) is 0 Å². The molecule has 0 saturated carbocycles. The zero-order valence-electron chi connectivity index (χ0n) is 11.6. The Morgan fingerprint density at radius 3 is 2.80 bits per heavy atom. The van der Waals surface area contributed by atoms with Crippen LogP contribution in [0.25, 0.3) is 0 Å². The number of halogens is 1. The van der Waals surface area contributed by atoms with Crippen LogP contribution in [0.1, 0.15) is 19.8 Å². The Morgan fingerprint density at radius 1 is 1.30 bits per heavy atom. The van der Waals surface area contributed by atoms with Gasteiger partial charge in [-0.1, -0.05) is 11.6 Å². The first kappa shape index (κ1) is 13.7. The van der Waals surface area contributed by atoms with E-state index in [2.05, 4.69) is 4.90 Å². The van der Waals surface area contributed by atoms with E-state index in [4.69, 9.17) is 16.3 Å². The Labute approximate surface area is 124 Å². The fourth-order valence-corrected chi connectivity index (χ4v) is 3.02. The van der Waals surface area contributed by atoms with Crippen LogP contribution in [-0.2, 0) is 4.79 Å². The van der Waals surface area contributed by atoms with Crippen molar-refractivity contribution in [3.05, 3.63) is 23.2 Å². The van der Waals surface area contributed by atoms with E-state index < -0.39 is 6.10 Å². The summed E-state index contributed by atoms with van der Waals surface area (Å²) in [7, 11) is 0. The summed E-state index contributed by atoms with van der Waals surface area (Å²) < 4.78 is 5.64. The van der Waals surface area contributed by atoms with E-state index in [0.717, 1.165) is 31.1 Å². The van der Waals surface area contributed by atoms with Crippen LogP contribution in [0.15, 0.2) is 18.2 Å². The molecular formula is C15H19ClN2O2. The van der Waals surface area contributed by atoms with Crippen molar-refractivity contribution in [3.63, 3.8) is 0 Å². The van der Waals surface area contributed by atoms with Gasteiger partial charge in [-0.3, -0.25) is 4.79 Å². The number of hydrogen-bond acceptors (Lipinski definition) is 3. The van der Waals surface area contributed by atoms with Crippen LogP contribution in [-0.4, -0.2) is 43.1 Å². The van der Waals surface area contributed by atoms with Gasteiger partial charge >= 0.3 is 0 Å². The van der Waals surface area contributed by atoms with Gasteiger partial charge in [-0.2, -0.15) is 0 Å². The maximum Gasteiger partial charge on any atom is 0.267 e. The molecule has 0 bridgehead atoms. The van der Waals surface area contributed by atoms with E-state index in [0.29, 0.717) is 11.6 Å². The number of carbonyl (C=O) groups excluding carboxylic acids is 1.